The van der Waals surface area contributed by atoms with Crippen molar-refractivity contribution in [3.8, 4) is 11.8 Å². The number of carbonyl (C=O) groups excluding carboxylic acids is 1. The highest BCUT2D eigenvalue weighted by Gasteiger charge is 2.06. The van der Waals surface area contributed by atoms with Gasteiger partial charge in [-0.3, -0.25) is 4.79 Å². The van der Waals surface area contributed by atoms with Crippen LogP contribution in [-0.2, 0) is 17.8 Å². The van der Waals surface area contributed by atoms with Crippen LogP contribution >= 0.6 is 27.3 Å². The van der Waals surface area contributed by atoms with E-state index in [1.165, 1.54) is 0 Å². The summed E-state index contributed by atoms with van der Waals surface area (Å²) in [5, 5.41) is 4.90. The number of nitrogens with two attached hydrogens (primary N) is 1. The Labute approximate surface area is 136 Å². The third-order valence-electron chi connectivity index (χ3n) is 2.77. The molecule has 0 radical (unpaired) electrons. The summed E-state index contributed by atoms with van der Waals surface area (Å²) in [6.45, 7) is 0.837. The molecule has 3 nitrogen and oxygen atoms in total. The van der Waals surface area contributed by atoms with Crippen molar-refractivity contribution in [3.05, 3.63) is 56.2 Å². The molecule has 0 bridgehead atoms. The van der Waals surface area contributed by atoms with Gasteiger partial charge in [0.15, 0.2) is 0 Å². The first-order chi connectivity index (χ1) is 10.2. The molecule has 0 saturated heterocycles. The van der Waals surface area contributed by atoms with Gasteiger partial charge in [-0.15, -0.1) is 11.3 Å². The Morgan fingerprint density at radius 3 is 3.00 bits per heavy atom. The van der Waals surface area contributed by atoms with Gasteiger partial charge in [0, 0.05) is 14.9 Å². The van der Waals surface area contributed by atoms with E-state index in [-0.39, 0.29) is 5.91 Å². The zero-order chi connectivity index (χ0) is 15.1. The molecule has 1 aromatic heterocycles. The maximum absolute atomic E-state index is 12.0. The highest BCUT2D eigenvalue weighted by Crippen LogP contribution is 2.16. The van der Waals surface area contributed by atoms with Crippen LogP contribution in [-0.4, -0.2) is 12.5 Å². The van der Waals surface area contributed by atoms with E-state index in [9.17, 15) is 4.79 Å². The van der Waals surface area contributed by atoms with Gasteiger partial charge in [0.05, 0.1) is 19.5 Å². The lowest BCUT2D eigenvalue weighted by Crippen LogP contribution is -2.24. The average Bonchev–Trinajstić information content (AvgIpc) is 2.90. The van der Waals surface area contributed by atoms with E-state index in [0.29, 0.717) is 19.5 Å². The van der Waals surface area contributed by atoms with Crippen LogP contribution in [0.1, 0.15) is 16.0 Å². The molecule has 0 saturated carbocycles. The molecule has 0 fully saturated rings. The van der Waals surface area contributed by atoms with E-state index in [1.54, 1.807) is 11.3 Å². The second-order valence-corrected chi connectivity index (χ2v) is 6.26. The number of hydrogen-bond acceptors (Lipinski definition) is 3. The number of carbonyl (C=O) groups is 1. The average molecular weight is 363 g/mol. The van der Waals surface area contributed by atoms with E-state index < -0.39 is 0 Å². The second-order valence-electron chi connectivity index (χ2n) is 4.35. The molecular formula is C16H15BrN2OS. The fourth-order valence-corrected chi connectivity index (χ4v) is 3.03. The molecular weight excluding hydrogens is 348 g/mol. The summed E-state index contributed by atoms with van der Waals surface area (Å²) in [4.78, 5) is 13.0. The van der Waals surface area contributed by atoms with E-state index in [0.717, 1.165) is 20.5 Å². The molecule has 0 aliphatic carbocycles. The molecule has 0 atom stereocenters. The van der Waals surface area contributed by atoms with Gasteiger partial charge < -0.3 is 11.1 Å². The summed E-state index contributed by atoms with van der Waals surface area (Å²) < 4.78 is 0.977. The molecule has 0 spiro atoms. The van der Waals surface area contributed by atoms with Crippen LogP contribution in [0.25, 0.3) is 0 Å². The first-order valence-electron chi connectivity index (χ1n) is 6.45. The summed E-state index contributed by atoms with van der Waals surface area (Å²) in [6.07, 6.45) is 0.370. The van der Waals surface area contributed by atoms with Crippen molar-refractivity contribution in [2.45, 2.75) is 13.0 Å². The number of amides is 1. The Hall–Kier alpha value is -1.61. The first-order valence-corrected chi connectivity index (χ1v) is 8.12. The Morgan fingerprint density at radius 2 is 2.24 bits per heavy atom. The minimum atomic E-state index is -0.000709. The van der Waals surface area contributed by atoms with E-state index >= 15 is 0 Å². The van der Waals surface area contributed by atoms with Crippen LogP contribution in [0.4, 0.5) is 0 Å². The van der Waals surface area contributed by atoms with Crippen LogP contribution < -0.4 is 11.1 Å². The highest BCUT2D eigenvalue weighted by molar-refractivity contribution is 9.10. The molecule has 21 heavy (non-hydrogen) atoms. The number of rotatable bonds is 4. The minimum absolute atomic E-state index is 0.000709. The van der Waals surface area contributed by atoms with Crippen molar-refractivity contribution in [2.75, 3.05) is 6.54 Å². The van der Waals surface area contributed by atoms with Crippen molar-refractivity contribution in [3.63, 3.8) is 0 Å². The fourth-order valence-electron chi connectivity index (χ4n) is 1.81. The molecule has 1 aromatic carbocycles. The summed E-state index contributed by atoms with van der Waals surface area (Å²) in [5.41, 5.74) is 7.29. The number of thiophene rings is 1. The van der Waals surface area contributed by atoms with E-state index in [2.05, 4.69) is 33.1 Å². The lowest BCUT2D eigenvalue weighted by atomic mass is 10.1. The smallest absolute Gasteiger partial charge is 0.224 e. The van der Waals surface area contributed by atoms with Crippen LogP contribution in [0.5, 0.6) is 0 Å². The van der Waals surface area contributed by atoms with Gasteiger partial charge >= 0.3 is 0 Å². The Balaban J connectivity index is 1.91. The molecule has 1 heterocycles. The fraction of sp³-hybridized carbons (Fsp3) is 0.188. The van der Waals surface area contributed by atoms with E-state index in [4.69, 9.17) is 5.73 Å². The monoisotopic (exact) mass is 362 g/mol. The zero-order valence-electron chi connectivity index (χ0n) is 11.4. The molecule has 108 valence electrons. The van der Waals surface area contributed by atoms with Crippen molar-refractivity contribution in [1.82, 2.24) is 5.32 Å². The topological polar surface area (TPSA) is 55.1 Å². The first kappa shape index (κ1) is 15.8. The van der Waals surface area contributed by atoms with Gasteiger partial charge in [-0.2, -0.15) is 0 Å². The van der Waals surface area contributed by atoms with E-state index in [1.807, 2.05) is 35.7 Å². The van der Waals surface area contributed by atoms with Gasteiger partial charge in [0.2, 0.25) is 5.91 Å². The Kier molecular flexibility index (Phi) is 6.00. The normalized spacial score (nSPS) is 9.81. The highest BCUT2D eigenvalue weighted by atomic mass is 79.9. The zero-order valence-corrected chi connectivity index (χ0v) is 13.8. The maximum Gasteiger partial charge on any atom is 0.224 e. The second kappa shape index (κ2) is 7.99. The van der Waals surface area contributed by atoms with Crippen LogP contribution in [0, 0.1) is 11.8 Å². The summed E-state index contributed by atoms with van der Waals surface area (Å²) >= 11 is 4.99. The summed E-state index contributed by atoms with van der Waals surface area (Å²) in [7, 11) is 0. The minimum Gasteiger partial charge on any atom is -0.351 e. The van der Waals surface area contributed by atoms with Crippen LogP contribution in [0.3, 0.4) is 0 Å². The maximum atomic E-state index is 12.0. The molecule has 2 aromatic rings. The third kappa shape index (κ3) is 5.01. The SMILES string of the molecule is NCC#Cc1ccsc1CNC(=O)Cc1cccc(Br)c1. The van der Waals surface area contributed by atoms with Crippen molar-refractivity contribution >= 4 is 33.2 Å². The van der Waals surface area contributed by atoms with Crippen LogP contribution in [0.15, 0.2) is 40.2 Å². The molecule has 0 aliphatic heterocycles. The summed E-state index contributed by atoms with van der Waals surface area (Å²) in [6, 6.07) is 9.70. The predicted octanol–water partition coefficient (Wildman–Crippen LogP) is 2.68. The van der Waals surface area contributed by atoms with Gasteiger partial charge in [0.1, 0.15) is 0 Å². The molecule has 5 heteroatoms. The number of hydrogen-bond donors (Lipinski definition) is 2. The molecule has 0 aliphatic rings. The van der Waals surface area contributed by atoms with Gasteiger partial charge in [-0.1, -0.05) is 39.9 Å². The van der Waals surface area contributed by atoms with Crippen molar-refractivity contribution in [2.24, 2.45) is 5.73 Å². The molecule has 0 unspecified atom stereocenters. The molecule has 3 N–H and O–H groups in total. The Bertz CT molecular complexity index is 685. The lowest BCUT2D eigenvalue weighted by molar-refractivity contribution is -0.120. The molecule has 2 rings (SSSR count). The number of halogens is 1. The van der Waals surface area contributed by atoms with Crippen LogP contribution in [0.2, 0.25) is 0 Å². The summed E-state index contributed by atoms with van der Waals surface area (Å²) in [5.74, 6) is 5.84. The number of benzene rings is 1. The van der Waals surface area contributed by atoms with Crippen molar-refractivity contribution < 1.29 is 4.79 Å². The third-order valence-corrected chi connectivity index (χ3v) is 4.18. The molecule has 1 amide bonds. The van der Waals surface area contributed by atoms with Gasteiger partial charge in [-0.25, -0.2) is 0 Å². The number of nitrogens with one attached hydrogen (secondary N) is 1. The lowest BCUT2D eigenvalue weighted by Gasteiger charge is -2.05. The standard InChI is InChI=1S/C16H15BrN2OS/c17-14-5-1-3-12(9-14)10-16(20)19-11-15-13(4-2-7-18)6-8-21-15/h1,3,5-6,8-9H,7,10-11,18H2,(H,19,20). The largest absolute Gasteiger partial charge is 0.351 e. The van der Waals surface area contributed by atoms with Gasteiger partial charge in [0.25, 0.3) is 0 Å². The van der Waals surface area contributed by atoms with Crippen molar-refractivity contribution in [1.29, 1.82) is 0 Å². The predicted molar refractivity (Wildman–Crippen MR) is 89.9 cm³/mol. The quantitative estimate of drug-likeness (QED) is 0.821. The Morgan fingerprint density at radius 1 is 1.38 bits per heavy atom. The van der Waals surface area contributed by atoms with Gasteiger partial charge in [-0.05, 0) is 29.1 Å².